The van der Waals surface area contributed by atoms with Gasteiger partial charge in [-0.1, -0.05) is 24.3 Å². The maximum absolute atomic E-state index is 12.8. The van der Waals surface area contributed by atoms with Crippen molar-refractivity contribution >= 4 is 6.03 Å². The Hall–Kier alpha value is -2.56. The van der Waals surface area contributed by atoms with Crippen molar-refractivity contribution in [3.05, 3.63) is 65.5 Å². The maximum atomic E-state index is 12.8. The second-order valence-corrected chi connectivity index (χ2v) is 5.56. The molecule has 3 N–H and O–H groups in total. The van der Waals surface area contributed by atoms with Crippen LogP contribution in [-0.2, 0) is 13.0 Å². The van der Waals surface area contributed by atoms with Gasteiger partial charge < -0.3 is 15.7 Å². The van der Waals surface area contributed by atoms with E-state index in [0.29, 0.717) is 6.54 Å². The van der Waals surface area contributed by atoms with Gasteiger partial charge in [-0.2, -0.15) is 0 Å². The molecular formula is C18H21FN2O2. The van der Waals surface area contributed by atoms with Gasteiger partial charge in [-0.05, 0) is 55.2 Å². The number of hydrogen-bond acceptors (Lipinski definition) is 2. The molecule has 0 saturated heterocycles. The van der Waals surface area contributed by atoms with Crippen LogP contribution in [0.2, 0.25) is 0 Å². The Morgan fingerprint density at radius 3 is 2.35 bits per heavy atom. The van der Waals surface area contributed by atoms with Gasteiger partial charge in [-0.15, -0.1) is 0 Å². The lowest BCUT2D eigenvalue weighted by Gasteiger charge is -2.15. The van der Waals surface area contributed by atoms with Crippen LogP contribution in [0.4, 0.5) is 9.18 Å². The lowest BCUT2D eigenvalue weighted by molar-refractivity contribution is 0.237. The highest BCUT2D eigenvalue weighted by Gasteiger charge is 2.07. The van der Waals surface area contributed by atoms with E-state index in [4.69, 9.17) is 0 Å². The summed E-state index contributed by atoms with van der Waals surface area (Å²) in [5.74, 6) is -0.0406. The number of urea groups is 1. The summed E-state index contributed by atoms with van der Waals surface area (Å²) in [4.78, 5) is 11.8. The van der Waals surface area contributed by atoms with E-state index in [1.54, 1.807) is 24.3 Å². The molecule has 0 fully saturated rings. The summed E-state index contributed by atoms with van der Waals surface area (Å²) in [7, 11) is 0. The molecule has 0 spiro atoms. The van der Waals surface area contributed by atoms with Crippen LogP contribution in [0.1, 0.15) is 24.5 Å². The Morgan fingerprint density at radius 1 is 1.09 bits per heavy atom. The number of benzene rings is 2. The number of nitrogens with one attached hydrogen (secondary N) is 2. The number of carbonyl (C=O) groups is 1. The fourth-order valence-electron chi connectivity index (χ4n) is 2.18. The number of rotatable bonds is 6. The molecule has 2 aromatic carbocycles. The first-order chi connectivity index (χ1) is 11.0. The Morgan fingerprint density at radius 2 is 1.70 bits per heavy atom. The summed E-state index contributed by atoms with van der Waals surface area (Å²) in [5.41, 5.74) is 1.96. The van der Waals surface area contributed by atoms with E-state index in [1.165, 1.54) is 12.1 Å². The zero-order valence-corrected chi connectivity index (χ0v) is 13.1. The molecular weight excluding hydrogens is 295 g/mol. The average molecular weight is 316 g/mol. The predicted molar refractivity (Wildman–Crippen MR) is 87.7 cm³/mol. The zero-order chi connectivity index (χ0) is 16.7. The molecule has 0 radical (unpaired) electrons. The fraction of sp³-hybridized carbons (Fsp3) is 0.278. The van der Waals surface area contributed by atoms with Gasteiger partial charge in [0.25, 0.3) is 0 Å². The topological polar surface area (TPSA) is 61.4 Å². The number of phenols is 1. The van der Waals surface area contributed by atoms with Crippen LogP contribution in [0.25, 0.3) is 0 Å². The molecule has 122 valence electrons. The maximum Gasteiger partial charge on any atom is 0.315 e. The van der Waals surface area contributed by atoms with Crippen molar-refractivity contribution in [1.29, 1.82) is 0 Å². The normalized spacial score (nSPS) is 11.7. The van der Waals surface area contributed by atoms with E-state index in [9.17, 15) is 14.3 Å². The quantitative estimate of drug-likeness (QED) is 0.765. The SMILES string of the molecule is CC(CCc1ccc(O)cc1)NC(=O)NCc1ccc(F)cc1. The van der Waals surface area contributed by atoms with E-state index >= 15 is 0 Å². The highest BCUT2D eigenvalue weighted by Crippen LogP contribution is 2.11. The second-order valence-electron chi connectivity index (χ2n) is 5.56. The molecule has 0 aliphatic heterocycles. The summed E-state index contributed by atoms with van der Waals surface area (Å²) in [5, 5.41) is 14.9. The van der Waals surface area contributed by atoms with Crippen LogP contribution in [-0.4, -0.2) is 17.2 Å². The molecule has 0 saturated carbocycles. The molecule has 2 aromatic rings. The van der Waals surface area contributed by atoms with E-state index in [0.717, 1.165) is 24.0 Å². The fourth-order valence-corrected chi connectivity index (χ4v) is 2.18. The second kappa shape index (κ2) is 8.17. The van der Waals surface area contributed by atoms with Gasteiger partial charge in [0.2, 0.25) is 0 Å². The molecule has 5 heteroatoms. The van der Waals surface area contributed by atoms with Gasteiger partial charge in [-0.25, -0.2) is 9.18 Å². The lowest BCUT2D eigenvalue weighted by Crippen LogP contribution is -2.40. The molecule has 0 aliphatic rings. The van der Waals surface area contributed by atoms with Crippen LogP contribution in [0.3, 0.4) is 0 Å². The van der Waals surface area contributed by atoms with Crippen LogP contribution in [0.15, 0.2) is 48.5 Å². The van der Waals surface area contributed by atoms with E-state index < -0.39 is 0 Å². The van der Waals surface area contributed by atoms with E-state index in [-0.39, 0.29) is 23.6 Å². The summed E-state index contributed by atoms with van der Waals surface area (Å²) < 4.78 is 12.8. The standard InChI is InChI=1S/C18H21FN2O2/c1-13(2-3-14-6-10-17(22)11-7-14)21-18(23)20-12-15-4-8-16(19)9-5-15/h4-11,13,22H,2-3,12H2,1H3,(H2,20,21,23). The molecule has 2 rings (SSSR count). The third kappa shape index (κ3) is 5.98. The number of amides is 2. The monoisotopic (exact) mass is 316 g/mol. The molecule has 0 heterocycles. The van der Waals surface area contributed by atoms with Crippen molar-refractivity contribution in [2.75, 3.05) is 0 Å². The highest BCUT2D eigenvalue weighted by molar-refractivity contribution is 5.74. The Bertz CT molecular complexity index is 626. The van der Waals surface area contributed by atoms with Crippen molar-refractivity contribution in [3.63, 3.8) is 0 Å². The minimum Gasteiger partial charge on any atom is -0.508 e. The number of hydrogen-bond donors (Lipinski definition) is 3. The van der Waals surface area contributed by atoms with Gasteiger partial charge in [0.15, 0.2) is 0 Å². The first-order valence-corrected chi connectivity index (χ1v) is 7.59. The molecule has 4 nitrogen and oxygen atoms in total. The summed E-state index contributed by atoms with van der Waals surface area (Å²) in [6.45, 7) is 2.30. The van der Waals surface area contributed by atoms with Gasteiger partial charge in [-0.3, -0.25) is 0 Å². The van der Waals surface area contributed by atoms with Crippen molar-refractivity contribution < 1.29 is 14.3 Å². The molecule has 0 bridgehead atoms. The van der Waals surface area contributed by atoms with Crippen LogP contribution in [0, 0.1) is 5.82 Å². The van der Waals surface area contributed by atoms with Gasteiger partial charge in [0, 0.05) is 12.6 Å². The molecule has 1 atom stereocenters. The largest absolute Gasteiger partial charge is 0.508 e. The van der Waals surface area contributed by atoms with Crippen LogP contribution >= 0.6 is 0 Å². The number of carbonyl (C=O) groups excluding carboxylic acids is 1. The summed E-state index contributed by atoms with van der Waals surface area (Å²) >= 11 is 0. The van der Waals surface area contributed by atoms with E-state index in [1.807, 2.05) is 19.1 Å². The molecule has 23 heavy (non-hydrogen) atoms. The summed E-state index contributed by atoms with van der Waals surface area (Å²) in [6, 6.07) is 12.9. The molecule has 0 aromatic heterocycles. The van der Waals surface area contributed by atoms with Gasteiger partial charge in [0.05, 0.1) is 0 Å². The third-order valence-electron chi connectivity index (χ3n) is 3.55. The van der Waals surface area contributed by atoms with Crippen molar-refractivity contribution in [1.82, 2.24) is 10.6 Å². The lowest BCUT2D eigenvalue weighted by atomic mass is 10.1. The number of aromatic hydroxyl groups is 1. The zero-order valence-electron chi connectivity index (χ0n) is 13.1. The van der Waals surface area contributed by atoms with Crippen molar-refractivity contribution in [3.8, 4) is 5.75 Å². The number of aryl methyl sites for hydroxylation is 1. The van der Waals surface area contributed by atoms with Crippen LogP contribution in [0.5, 0.6) is 5.75 Å². The van der Waals surface area contributed by atoms with Gasteiger partial charge in [0.1, 0.15) is 11.6 Å². The number of phenolic OH excluding ortho intramolecular Hbond substituents is 1. The molecule has 0 aliphatic carbocycles. The Labute approximate surface area is 135 Å². The van der Waals surface area contributed by atoms with Crippen molar-refractivity contribution in [2.45, 2.75) is 32.4 Å². The number of halogens is 1. The third-order valence-corrected chi connectivity index (χ3v) is 3.55. The minimum absolute atomic E-state index is 0.0250. The molecule has 1 unspecified atom stereocenters. The average Bonchev–Trinajstić information content (AvgIpc) is 2.54. The predicted octanol–water partition coefficient (Wildman–Crippen LogP) is 3.35. The van der Waals surface area contributed by atoms with Gasteiger partial charge >= 0.3 is 6.03 Å². The molecule has 2 amide bonds. The first-order valence-electron chi connectivity index (χ1n) is 7.59. The Balaban J connectivity index is 1.69. The Kier molecular flexibility index (Phi) is 5.97. The van der Waals surface area contributed by atoms with Crippen LogP contribution < -0.4 is 10.6 Å². The highest BCUT2D eigenvalue weighted by atomic mass is 19.1. The van der Waals surface area contributed by atoms with Crippen molar-refractivity contribution in [2.24, 2.45) is 0 Å². The van der Waals surface area contributed by atoms with E-state index in [2.05, 4.69) is 10.6 Å². The first kappa shape index (κ1) is 16.8. The summed E-state index contributed by atoms with van der Waals surface area (Å²) in [6.07, 6.45) is 1.62. The smallest absolute Gasteiger partial charge is 0.315 e. The minimum atomic E-state index is -0.291.